The molecule has 1 aliphatic carbocycles. The molecule has 3 aromatic heterocycles. The molecule has 3 N–H and O–H groups in total. The number of primary amides is 1. The lowest BCUT2D eigenvalue weighted by Gasteiger charge is -2.30. The quantitative estimate of drug-likeness (QED) is 0.710. The number of pyridine rings is 2. The van der Waals surface area contributed by atoms with Gasteiger partial charge in [0, 0.05) is 49.5 Å². The molecule has 0 unspecified atom stereocenters. The van der Waals surface area contributed by atoms with E-state index in [1.807, 2.05) is 6.20 Å². The number of aromatic nitrogens is 4. The van der Waals surface area contributed by atoms with Crippen LogP contribution in [0.25, 0.3) is 22.3 Å². The summed E-state index contributed by atoms with van der Waals surface area (Å²) in [5.41, 5.74) is 8.39. The number of carbonyl (C=O) groups is 1. The summed E-state index contributed by atoms with van der Waals surface area (Å²) in [5, 5.41) is 4.50. The maximum Gasteiger partial charge on any atom is 0.267 e. The Labute approximate surface area is 162 Å². The smallest absolute Gasteiger partial charge is 0.267 e. The molecule has 3 aromatic rings. The Bertz CT molecular complexity index is 1060. The number of piperazine rings is 1. The van der Waals surface area contributed by atoms with Gasteiger partial charge in [0.05, 0.1) is 11.7 Å². The van der Waals surface area contributed by atoms with Crippen molar-refractivity contribution in [2.75, 3.05) is 31.1 Å². The van der Waals surface area contributed by atoms with E-state index < -0.39 is 5.91 Å². The van der Waals surface area contributed by atoms with Crippen LogP contribution in [0.1, 0.15) is 34.8 Å². The fraction of sp³-hybridized carbons (Fsp3) is 0.350. The van der Waals surface area contributed by atoms with Crippen LogP contribution < -0.4 is 16.0 Å². The Morgan fingerprint density at radius 3 is 2.75 bits per heavy atom. The maximum atomic E-state index is 11.5. The van der Waals surface area contributed by atoms with Gasteiger partial charge in [0.25, 0.3) is 5.91 Å². The summed E-state index contributed by atoms with van der Waals surface area (Å²) < 4.78 is 0. The molecule has 0 bridgehead atoms. The minimum atomic E-state index is -0.567. The Balaban J connectivity index is 1.71. The van der Waals surface area contributed by atoms with Gasteiger partial charge < -0.3 is 16.0 Å². The average Bonchev–Trinajstić information content (AvgIpc) is 3.58. The fourth-order valence-electron chi connectivity index (χ4n) is 3.73. The molecule has 2 aliphatic rings. The van der Waals surface area contributed by atoms with Gasteiger partial charge in [0.15, 0.2) is 5.82 Å². The molecule has 4 heterocycles. The van der Waals surface area contributed by atoms with Gasteiger partial charge in [-0.05, 0) is 36.5 Å². The summed E-state index contributed by atoms with van der Waals surface area (Å²) >= 11 is 0. The van der Waals surface area contributed by atoms with Crippen molar-refractivity contribution < 1.29 is 4.79 Å². The largest absolute Gasteiger partial charge is 0.364 e. The number of amides is 1. The van der Waals surface area contributed by atoms with Crippen LogP contribution in [-0.2, 0) is 0 Å². The lowest BCUT2D eigenvalue weighted by molar-refractivity contribution is 0.0995. The van der Waals surface area contributed by atoms with Gasteiger partial charge in [-0.2, -0.15) is 0 Å². The van der Waals surface area contributed by atoms with Gasteiger partial charge in [-0.25, -0.2) is 9.97 Å². The molecule has 1 saturated carbocycles. The summed E-state index contributed by atoms with van der Waals surface area (Å²) in [7, 11) is 0. The Morgan fingerprint density at radius 2 is 2.00 bits per heavy atom. The third-order valence-electron chi connectivity index (χ3n) is 5.32. The van der Waals surface area contributed by atoms with Gasteiger partial charge in [-0.15, -0.1) is 0 Å². The van der Waals surface area contributed by atoms with E-state index >= 15 is 0 Å². The zero-order valence-electron chi connectivity index (χ0n) is 15.4. The monoisotopic (exact) mass is 375 g/mol. The van der Waals surface area contributed by atoms with Gasteiger partial charge >= 0.3 is 0 Å². The number of fused-ring (bicyclic) bond motifs is 1. The molecular weight excluding hydrogens is 354 g/mol. The first-order valence-electron chi connectivity index (χ1n) is 9.58. The third kappa shape index (κ3) is 3.05. The highest BCUT2D eigenvalue weighted by molar-refractivity contribution is 5.95. The van der Waals surface area contributed by atoms with E-state index in [4.69, 9.17) is 15.7 Å². The number of anilines is 1. The molecule has 142 valence electrons. The second-order valence-electron chi connectivity index (χ2n) is 7.30. The van der Waals surface area contributed by atoms with Crippen LogP contribution in [0.15, 0.2) is 30.7 Å². The van der Waals surface area contributed by atoms with Gasteiger partial charge in [0.2, 0.25) is 0 Å². The first kappa shape index (κ1) is 17.0. The average molecular weight is 375 g/mol. The van der Waals surface area contributed by atoms with E-state index in [2.05, 4.69) is 20.2 Å². The number of rotatable bonds is 4. The second-order valence-corrected chi connectivity index (χ2v) is 7.30. The number of nitrogens with two attached hydrogens (primary N) is 1. The van der Waals surface area contributed by atoms with Crippen LogP contribution in [0.4, 0.5) is 5.82 Å². The predicted molar refractivity (Wildman–Crippen MR) is 106 cm³/mol. The normalized spacial score (nSPS) is 17.1. The summed E-state index contributed by atoms with van der Waals surface area (Å²) in [6.07, 6.45) is 7.71. The van der Waals surface area contributed by atoms with Crippen molar-refractivity contribution in [2.45, 2.75) is 18.8 Å². The second kappa shape index (κ2) is 6.79. The summed E-state index contributed by atoms with van der Waals surface area (Å²) in [4.78, 5) is 32.0. The number of hydrogen-bond acceptors (Lipinski definition) is 7. The molecule has 28 heavy (non-hydrogen) atoms. The van der Waals surface area contributed by atoms with Crippen molar-refractivity contribution in [1.82, 2.24) is 25.3 Å². The Kier molecular flexibility index (Phi) is 4.12. The summed E-state index contributed by atoms with van der Waals surface area (Å²) in [5.74, 6) is 1.49. The molecule has 1 aliphatic heterocycles. The Morgan fingerprint density at radius 1 is 1.18 bits per heavy atom. The van der Waals surface area contributed by atoms with E-state index in [0.29, 0.717) is 11.7 Å². The molecule has 8 heteroatoms. The number of hydrogen-bond donors (Lipinski definition) is 2. The van der Waals surface area contributed by atoms with Crippen LogP contribution in [0.2, 0.25) is 0 Å². The van der Waals surface area contributed by atoms with Crippen LogP contribution in [0, 0.1) is 0 Å². The SMILES string of the molecule is NC(=O)c1cc(-c2nc(N3CCNCC3)c3c(C4CC4)cncc3n2)ccn1. The van der Waals surface area contributed by atoms with E-state index in [-0.39, 0.29) is 5.69 Å². The van der Waals surface area contributed by atoms with Crippen molar-refractivity contribution in [1.29, 1.82) is 0 Å². The summed E-state index contributed by atoms with van der Waals surface area (Å²) in [6, 6.07) is 3.44. The Hall–Kier alpha value is -3.13. The first-order valence-corrected chi connectivity index (χ1v) is 9.58. The number of carbonyl (C=O) groups excluding carboxylic acids is 1. The maximum absolute atomic E-state index is 11.5. The highest BCUT2D eigenvalue weighted by Crippen LogP contribution is 2.44. The van der Waals surface area contributed by atoms with Gasteiger partial charge in [-0.3, -0.25) is 14.8 Å². The highest BCUT2D eigenvalue weighted by Gasteiger charge is 2.29. The molecule has 0 radical (unpaired) electrons. The molecule has 0 aromatic carbocycles. The number of nitrogens with zero attached hydrogens (tertiary/aromatic N) is 5. The van der Waals surface area contributed by atoms with Crippen LogP contribution in [0.3, 0.4) is 0 Å². The predicted octanol–water partition coefficient (Wildman–Crippen LogP) is 1.47. The highest BCUT2D eigenvalue weighted by atomic mass is 16.1. The van der Waals surface area contributed by atoms with Crippen molar-refractivity contribution in [3.05, 3.63) is 42.0 Å². The van der Waals surface area contributed by atoms with Crippen LogP contribution in [0.5, 0.6) is 0 Å². The zero-order valence-corrected chi connectivity index (χ0v) is 15.4. The molecule has 2 fully saturated rings. The van der Waals surface area contributed by atoms with Crippen LogP contribution >= 0.6 is 0 Å². The fourth-order valence-corrected chi connectivity index (χ4v) is 3.73. The third-order valence-corrected chi connectivity index (χ3v) is 5.32. The number of nitrogens with one attached hydrogen (secondary N) is 1. The van der Waals surface area contributed by atoms with Crippen LogP contribution in [-0.4, -0.2) is 52.0 Å². The topological polar surface area (TPSA) is 110 Å². The molecular formula is C20H21N7O. The van der Waals surface area contributed by atoms with Gasteiger partial charge in [0.1, 0.15) is 11.5 Å². The standard InChI is InChI=1S/C20H21N7O/c21-18(28)15-9-13(3-4-24-15)19-25-16-11-23-10-14(12-1-2-12)17(16)20(26-19)27-7-5-22-6-8-27/h3-4,9-12,22H,1-2,5-8H2,(H2,21,28). The van der Waals surface area contributed by atoms with E-state index in [1.54, 1.807) is 24.5 Å². The van der Waals surface area contributed by atoms with Crippen molar-refractivity contribution in [2.24, 2.45) is 5.73 Å². The minimum absolute atomic E-state index is 0.203. The molecule has 0 atom stereocenters. The van der Waals surface area contributed by atoms with Gasteiger partial charge in [-0.1, -0.05) is 0 Å². The van der Waals surface area contributed by atoms with Crippen molar-refractivity contribution >= 4 is 22.6 Å². The van der Waals surface area contributed by atoms with E-state index in [0.717, 1.165) is 48.5 Å². The van der Waals surface area contributed by atoms with E-state index in [9.17, 15) is 4.79 Å². The molecule has 1 amide bonds. The van der Waals surface area contributed by atoms with Crippen molar-refractivity contribution in [3.63, 3.8) is 0 Å². The van der Waals surface area contributed by atoms with E-state index in [1.165, 1.54) is 18.4 Å². The van der Waals surface area contributed by atoms with Crippen molar-refractivity contribution in [3.8, 4) is 11.4 Å². The molecule has 8 nitrogen and oxygen atoms in total. The lowest BCUT2D eigenvalue weighted by atomic mass is 10.1. The summed E-state index contributed by atoms with van der Waals surface area (Å²) in [6.45, 7) is 3.62. The molecule has 0 spiro atoms. The lowest BCUT2D eigenvalue weighted by Crippen LogP contribution is -2.44. The first-order chi connectivity index (χ1) is 13.7. The molecule has 5 rings (SSSR count). The minimum Gasteiger partial charge on any atom is -0.364 e. The molecule has 1 saturated heterocycles. The zero-order chi connectivity index (χ0) is 19.1.